The van der Waals surface area contributed by atoms with Crippen LogP contribution < -0.4 is 15.4 Å². The summed E-state index contributed by atoms with van der Waals surface area (Å²) in [5, 5.41) is 15.4. The molecule has 4 aromatic carbocycles. The van der Waals surface area contributed by atoms with Gasteiger partial charge in [-0.1, -0.05) is 86.8 Å². The standard InChI is InChI=1S/C38H38N6O3S3/c1-24-10-9-13-30(25(24)2)40-35(46)23-49-37-41-31-19-16-27(20-32(31)50-37)39-34(45)22-48-36-43-42-33(44(36)28-11-7-6-8-12-28)21-47-29-17-14-26(15-18-29)38(3,4)5/h6-20H,21-23H2,1-5H3,(H,39,45)(H,40,46). The molecule has 0 fully saturated rings. The van der Waals surface area contributed by atoms with Crippen LogP contribution in [0.2, 0.25) is 0 Å². The first kappa shape index (κ1) is 35.2. The highest BCUT2D eigenvalue weighted by Crippen LogP contribution is 2.32. The number of aryl methyl sites for hydroxylation is 1. The molecular formula is C38H38N6O3S3. The Bertz CT molecular complexity index is 2120. The third-order valence-electron chi connectivity index (χ3n) is 7.99. The fourth-order valence-corrected chi connectivity index (χ4v) is 7.77. The predicted molar refractivity (Wildman–Crippen MR) is 205 cm³/mol. The summed E-state index contributed by atoms with van der Waals surface area (Å²) >= 11 is 4.19. The lowest BCUT2D eigenvalue weighted by Gasteiger charge is -2.19. The minimum Gasteiger partial charge on any atom is -0.486 e. The Labute approximate surface area is 304 Å². The van der Waals surface area contributed by atoms with E-state index in [9.17, 15) is 9.59 Å². The Morgan fingerprint density at radius 1 is 0.840 bits per heavy atom. The Morgan fingerprint density at radius 3 is 2.34 bits per heavy atom. The minimum absolute atomic E-state index is 0.0590. The van der Waals surface area contributed by atoms with E-state index in [1.807, 2.05) is 97.3 Å². The number of thiazole rings is 1. The van der Waals surface area contributed by atoms with Gasteiger partial charge < -0.3 is 15.4 Å². The van der Waals surface area contributed by atoms with E-state index in [1.54, 1.807) is 0 Å². The number of rotatable bonds is 12. The highest BCUT2D eigenvalue weighted by Gasteiger charge is 2.18. The van der Waals surface area contributed by atoms with Gasteiger partial charge in [-0.2, -0.15) is 0 Å². The lowest BCUT2D eigenvalue weighted by molar-refractivity contribution is -0.114. The van der Waals surface area contributed by atoms with Crippen molar-refractivity contribution in [1.82, 2.24) is 19.7 Å². The first-order valence-electron chi connectivity index (χ1n) is 16.1. The topological polar surface area (TPSA) is 111 Å². The summed E-state index contributed by atoms with van der Waals surface area (Å²) in [5.74, 6) is 1.51. The van der Waals surface area contributed by atoms with E-state index in [0.717, 1.165) is 42.8 Å². The maximum Gasteiger partial charge on any atom is 0.234 e. The SMILES string of the molecule is Cc1cccc(NC(=O)CSc2nc3ccc(NC(=O)CSc4nnc(COc5ccc(C(C)(C)C)cc5)n4-c4ccccc4)cc3s2)c1C. The number of amides is 2. The van der Waals surface area contributed by atoms with E-state index in [4.69, 9.17) is 4.74 Å². The molecule has 0 radical (unpaired) electrons. The van der Waals surface area contributed by atoms with Crippen molar-refractivity contribution in [3.8, 4) is 11.4 Å². The summed E-state index contributed by atoms with van der Waals surface area (Å²) in [4.78, 5) is 30.4. The molecule has 0 saturated heterocycles. The van der Waals surface area contributed by atoms with Crippen molar-refractivity contribution in [2.45, 2.75) is 56.1 Å². The van der Waals surface area contributed by atoms with Crippen molar-refractivity contribution >= 4 is 68.3 Å². The molecule has 50 heavy (non-hydrogen) atoms. The van der Waals surface area contributed by atoms with Crippen LogP contribution >= 0.6 is 34.9 Å². The third kappa shape index (κ3) is 8.73. The van der Waals surface area contributed by atoms with Gasteiger partial charge in [0.1, 0.15) is 12.4 Å². The molecule has 2 heterocycles. The first-order chi connectivity index (χ1) is 24.0. The van der Waals surface area contributed by atoms with Gasteiger partial charge in [-0.25, -0.2) is 4.98 Å². The number of fused-ring (bicyclic) bond motifs is 1. The second-order valence-electron chi connectivity index (χ2n) is 12.7. The van der Waals surface area contributed by atoms with Crippen LogP contribution in [0.15, 0.2) is 100 Å². The summed E-state index contributed by atoms with van der Waals surface area (Å²) in [6, 6.07) is 29.4. The summed E-state index contributed by atoms with van der Waals surface area (Å²) in [7, 11) is 0. The summed E-state index contributed by atoms with van der Waals surface area (Å²) in [6.45, 7) is 10.8. The molecule has 0 unspecified atom stereocenters. The normalized spacial score (nSPS) is 11.5. The fraction of sp³-hybridized carbons (Fsp3) is 0.237. The number of carbonyl (C=O) groups excluding carboxylic acids is 2. The van der Waals surface area contributed by atoms with E-state index in [1.165, 1.54) is 40.4 Å². The minimum atomic E-state index is -0.170. The first-order valence-corrected chi connectivity index (χ1v) is 18.9. The van der Waals surface area contributed by atoms with Crippen molar-refractivity contribution in [3.05, 3.63) is 114 Å². The fourth-order valence-electron chi connectivity index (χ4n) is 5.09. The number of aromatic nitrogens is 4. The number of ether oxygens (including phenoxy) is 1. The van der Waals surface area contributed by atoms with Gasteiger partial charge >= 0.3 is 0 Å². The van der Waals surface area contributed by atoms with Gasteiger partial charge in [-0.3, -0.25) is 14.2 Å². The third-order valence-corrected chi connectivity index (χ3v) is 11.1. The second-order valence-corrected chi connectivity index (χ2v) is 15.9. The van der Waals surface area contributed by atoms with Gasteiger partial charge in [-0.15, -0.1) is 21.5 Å². The van der Waals surface area contributed by atoms with Crippen LogP contribution in [0.4, 0.5) is 11.4 Å². The Hall–Kier alpha value is -4.65. The van der Waals surface area contributed by atoms with E-state index < -0.39 is 0 Å². The number of hydrogen-bond donors (Lipinski definition) is 2. The van der Waals surface area contributed by atoms with Gasteiger partial charge in [0, 0.05) is 17.1 Å². The van der Waals surface area contributed by atoms with E-state index in [0.29, 0.717) is 16.7 Å². The van der Waals surface area contributed by atoms with Crippen molar-refractivity contribution in [2.24, 2.45) is 0 Å². The van der Waals surface area contributed by atoms with Gasteiger partial charge in [0.15, 0.2) is 15.3 Å². The molecule has 2 aromatic heterocycles. The maximum atomic E-state index is 13.1. The molecule has 6 rings (SSSR count). The van der Waals surface area contributed by atoms with Crippen LogP contribution in [0.1, 0.15) is 43.3 Å². The van der Waals surface area contributed by atoms with Crippen molar-refractivity contribution in [3.63, 3.8) is 0 Å². The zero-order chi connectivity index (χ0) is 35.3. The maximum absolute atomic E-state index is 13.1. The number of hydrogen-bond acceptors (Lipinski definition) is 9. The molecular weight excluding hydrogens is 685 g/mol. The van der Waals surface area contributed by atoms with E-state index in [-0.39, 0.29) is 35.3 Å². The molecule has 12 heteroatoms. The average molecular weight is 723 g/mol. The van der Waals surface area contributed by atoms with Crippen LogP contribution in [0.3, 0.4) is 0 Å². The van der Waals surface area contributed by atoms with E-state index >= 15 is 0 Å². The van der Waals surface area contributed by atoms with Crippen LogP contribution in [-0.4, -0.2) is 43.1 Å². The smallest absolute Gasteiger partial charge is 0.234 e. The Balaban J connectivity index is 1.06. The lowest BCUT2D eigenvalue weighted by Crippen LogP contribution is -2.15. The second kappa shape index (κ2) is 15.5. The highest BCUT2D eigenvalue weighted by molar-refractivity contribution is 8.01. The molecule has 0 aliphatic carbocycles. The van der Waals surface area contributed by atoms with Crippen LogP contribution in [0.25, 0.3) is 15.9 Å². The summed E-state index contributed by atoms with van der Waals surface area (Å²) in [5.41, 5.74) is 6.68. The van der Waals surface area contributed by atoms with Gasteiger partial charge in [0.25, 0.3) is 0 Å². The number of benzene rings is 4. The molecule has 0 saturated carbocycles. The zero-order valence-corrected chi connectivity index (χ0v) is 31.0. The predicted octanol–water partition coefficient (Wildman–Crippen LogP) is 8.83. The number of para-hydroxylation sites is 1. The number of nitrogens with one attached hydrogen (secondary N) is 2. The largest absolute Gasteiger partial charge is 0.486 e. The number of nitrogens with zero attached hydrogens (tertiary/aromatic N) is 4. The molecule has 256 valence electrons. The molecule has 6 aromatic rings. The molecule has 0 spiro atoms. The highest BCUT2D eigenvalue weighted by atomic mass is 32.2. The molecule has 0 atom stereocenters. The van der Waals surface area contributed by atoms with Crippen molar-refractivity contribution in [1.29, 1.82) is 0 Å². The van der Waals surface area contributed by atoms with Crippen molar-refractivity contribution < 1.29 is 14.3 Å². The monoisotopic (exact) mass is 722 g/mol. The molecule has 0 aliphatic heterocycles. The Morgan fingerprint density at radius 2 is 1.58 bits per heavy atom. The molecule has 2 amide bonds. The number of carbonyl (C=O) groups is 2. The lowest BCUT2D eigenvalue weighted by atomic mass is 9.87. The molecule has 9 nitrogen and oxygen atoms in total. The number of anilines is 2. The number of thioether (sulfide) groups is 2. The molecule has 0 aliphatic rings. The summed E-state index contributed by atoms with van der Waals surface area (Å²) in [6.07, 6.45) is 0. The summed E-state index contributed by atoms with van der Waals surface area (Å²) < 4.78 is 9.74. The zero-order valence-electron chi connectivity index (χ0n) is 28.5. The molecule has 2 N–H and O–H groups in total. The van der Waals surface area contributed by atoms with Crippen LogP contribution in [0, 0.1) is 13.8 Å². The Kier molecular flexibility index (Phi) is 10.9. The van der Waals surface area contributed by atoms with Crippen LogP contribution in [-0.2, 0) is 21.6 Å². The quantitative estimate of drug-likeness (QED) is 0.121. The van der Waals surface area contributed by atoms with Gasteiger partial charge in [0.2, 0.25) is 11.8 Å². The van der Waals surface area contributed by atoms with Crippen LogP contribution in [0.5, 0.6) is 5.75 Å². The van der Waals surface area contributed by atoms with Crippen molar-refractivity contribution in [2.75, 3.05) is 22.1 Å². The average Bonchev–Trinajstić information content (AvgIpc) is 3.71. The molecule has 0 bridgehead atoms. The van der Waals surface area contributed by atoms with Gasteiger partial charge in [0.05, 0.1) is 21.7 Å². The van der Waals surface area contributed by atoms with E-state index in [2.05, 4.69) is 58.7 Å². The van der Waals surface area contributed by atoms with Gasteiger partial charge in [-0.05, 0) is 84.5 Å².